The fourth-order valence-electron chi connectivity index (χ4n) is 6.60. The number of morpholine rings is 1. The Kier molecular flexibility index (Phi) is 7.65. The number of hydrogen-bond acceptors (Lipinski definition) is 7. The number of thiophene rings is 1. The molecule has 43 heavy (non-hydrogen) atoms. The number of anilines is 2. The van der Waals surface area contributed by atoms with E-state index in [1.54, 1.807) is 4.90 Å². The first-order valence-electron chi connectivity index (χ1n) is 14.7. The van der Waals surface area contributed by atoms with Crippen molar-refractivity contribution in [1.29, 1.82) is 0 Å². The highest BCUT2D eigenvalue weighted by Gasteiger charge is 2.42. The van der Waals surface area contributed by atoms with Crippen molar-refractivity contribution in [3.63, 3.8) is 0 Å². The highest BCUT2D eigenvalue weighted by atomic mass is 32.2. The van der Waals surface area contributed by atoms with Crippen molar-refractivity contribution in [3.05, 3.63) is 75.7 Å². The van der Waals surface area contributed by atoms with Crippen LogP contribution >= 0.6 is 11.3 Å². The lowest BCUT2D eigenvalue weighted by molar-refractivity contribution is 0.0302. The Hall–Kier alpha value is -3.25. The first-order chi connectivity index (χ1) is 20.4. The molecule has 0 unspecified atom stereocenters. The van der Waals surface area contributed by atoms with Gasteiger partial charge in [-0.25, -0.2) is 8.42 Å². The number of benzene rings is 2. The third kappa shape index (κ3) is 5.59. The van der Waals surface area contributed by atoms with E-state index < -0.39 is 21.5 Å². The third-order valence-corrected chi connectivity index (χ3v) is 11.7. The van der Waals surface area contributed by atoms with Gasteiger partial charge in [0.05, 0.1) is 29.4 Å². The fraction of sp³-hybridized carbons (Fsp3) is 0.438. The predicted molar refractivity (Wildman–Crippen MR) is 169 cm³/mol. The maximum atomic E-state index is 13.9. The molecule has 228 valence electrons. The van der Waals surface area contributed by atoms with Gasteiger partial charge in [0.15, 0.2) is 0 Å². The number of carbonyl (C=O) groups is 2. The van der Waals surface area contributed by atoms with E-state index in [0.29, 0.717) is 61.1 Å². The van der Waals surface area contributed by atoms with Gasteiger partial charge in [-0.15, -0.1) is 11.3 Å². The maximum absolute atomic E-state index is 13.9. The quantitative estimate of drug-likeness (QED) is 0.425. The van der Waals surface area contributed by atoms with Crippen LogP contribution in [0.5, 0.6) is 0 Å². The summed E-state index contributed by atoms with van der Waals surface area (Å²) in [4.78, 5) is 30.4. The number of nitrogens with zero attached hydrogens (tertiary/aromatic N) is 2. The Morgan fingerprint density at radius 3 is 2.40 bits per heavy atom. The zero-order valence-corrected chi connectivity index (χ0v) is 26.7. The number of amides is 2. The molecule has 11 heteroatoms. The molecule has 3 aliphatic heterocycles. The molecule has 1 saturated heterocycles. The van der Waals surface area contributed by atoms with Crippen molar-refractivity contribution in [3.8, 4) is 0 Å². The minimum Gasteiger partial charge on any atom is -0.378 e. The van der Waals surface area contributed by atoms with Crippen LogP contribution in [-0.4, -0.2) is 63.5 Å². The summed E-state index contributed by atoms with van der Waals surface area (Å²) in [7, 11) is -3.80. The second-order valence-electron chi connectivity index (χ2n) is 12.6. The largest absolute Gasteiger partial charge is 0.378 e. The summed E-state index contributed by atoms with van der Waals surface area (Å²) in [5, 5.41) is 7.21. The van der Waals surface area contributed by atoms with E-state index in [2.05, 4.69) is 38.3 Å². The summed E-state index contributed by atoms with van der Waals surface area (Å²) >= 11 is 1.43. The Morgan fingerprint density at radius 2 is 1.67 bits per heavy atom. The van der Waals surface area contributed by atoms with Crippen LogP contribution in [0.1, 0.15) is 70.8 Å². The van der Waals surface area contributed by atoms with E-state index in [0.717, 1.165) is 28.8 Å². The molecule has 0 bridgehead atoms. The molecule has 1 fully saturated rings. The standard InChI is InChI=1S/C32H38N4O5S2/c1-31(2)20-24-26(30(38)35-16-18-41-19-17-35)29(42-27(24)32(3,4)34-31)33-28(37)22-11-13-23(14-12-22)43(39,40)36-15-7-9-21-8-5-6-10-25(21)36/h5-6,8,10-14,34H,7,9,15-20H2,1-4H3,(H,33,37). The molecule has 3 aliphatic rings. The van der Waals surface area contributed by atoms with Crippen LogP contribution in [-0.2, 0) is 33.1 Å². The van der Waals surface area contributed by atoms with Gasteiger partial charge in [-0.3, -0.25) is 13.9 Å². The molecule has 2 amide bonds. The number of nitrogens with one attached hydrogen (secondary N) is 2. The molecule has 0 aliphatic carbocycles. The fourth-order valence-corrected chi connectivity index (χ4v) is 9.40. The SMILES string of the molecule is CC1(C)Cc2c(sc(NC(=O)c3ccc(S(=O)(=O)N4CCCc5ccccc54)cc3)c2C(=O)N2CCOCC2)C(C)(C)N1. The zero-order valence-electron chi connectivity index (χ0n) is 25.0. The lowest BCUT2D eigenvalue weighted by atomic mass is 9.81. The smallest absolute Gasteiger partial charge is 0.264 e. The van der Waals surface area contributed by atoms with Gasteiger partial charge in [0.1, 0.15) is 5.00 Å². The van der Waals surface area contributed by atoms with Gasteiger partial charge in [-0.1, -0.05) is 18.2 Å². The van der Waals surface area contributed by atoms with Gasteiger partial charge in [0, 0.05) is 41.2 Å². The second-order valence-corrected chi connectivity index (χ2v) is 15.5. The number of aryl methyl sites for hydroxylation is 1. The molecule has 2 aromatic carbocycles. The molecule has 9 nitrogen and oxygen atoms in total. The van der Waals surface area contributed by atoms with E-state index in [1.807, 2.05) is 24.3 Å². The van der Waals surface area contributed by atoms with E-state index >= 15 is 0 Å². The van der Waals surface area contributed by atoms with E-state index in [9.17, 15) is 18.0 Å². The van der Waals surface area contributed by atoms with E-state index in [-0.39, 0.29) is 16.3 Å². The van der Waals surface area contributed by atoms with Crippen LogP contribution in [0.3, 0.4) is 0 Å². The molecule has 1 aromatic heterocycles. The van der Waals surface area contributed by atoms with Crippen molar-refractivity contribution in [2.24, 2.45) is 0 Å². The van der Waals surface area contributed by atoms with Gasteiger partial charge in [0.2, 0.25) is 0 Å². The lowest BCUT2D eigenvalue weighted by Crippen LogP contribution is -2.55. The van der Waals surface area contributed by atoms with Gasteiger partial charge in [-0.05, 0) is 88.4 Å². The number of rotatable bonds is 5. The van der Waals surface area contributed by atoms with Crippen LogP contribution in [0, 0.1) is 0 Å². The summed E-state index contributed by atoms with van der Waals surface area (Å²) in [6, 6.07) is 13.6. The highest BCUT2D eigenvalue weighted by Crippen LogP contribution is 2.45. The molecule has 0 atom stereocenters. The second kappa shape index (κ2) is 11.0. The molecular weight excluding hydrogens is 585 g/mol. The van der Waals surface area contributed by atoms with Crippen LogP contribution in [0.2, 0.25) is 0 Å². The third-order valence-electron chi connectivity index (χ3n) is 8.36. The number of hydrogen-bond donors (Lipinski definition) is 2. The number of fused-ring (bicyclic) bond motifs is 2. The van der Waals surface area contributed by atoms with E-state index in [4.69, 9.17) is 4.74 Å². The minimum atomic E-state index is -3.80. The summed E-state index contributed by atoms with van der Waals surface area (Å²) < 4.78 is 34.1. The highest BCUT2D eigenvalue weighted by molar-refractivity contribution is 7.92. The molecular formula is C32H38N4O5S2. The number of carbonyl (C=O) groups excluding carboxylic acids is 2. The molecule has 0 radical (unpaired) electrons. The maximum Gasteiger partial charge on any atom is 0.264 e. The van der Waals surface area contributed by atoms with Gasteiger partial charge < -0.3 is 20.3 Å². The van der Waals surface area contributed by atoms with Gasteiger partial charge in [-0.2, -0.15) is 0 Å². The average molecular weight is 623 g/mol. The number of ether oxygens (including phenoxy) is 1. The minimum absolute atomic E-state index is 0.104. The van der Waals surface area contributed by atoms with Crippen molar-refractivity contribution < 1.29 is 22.7 Å². The van der Waals surface area contributed by atoms with Crippen LogP contribution in [0.25, 0.3) is 0 Å². The first kappa shape index (κ1) is 29.8. The molecule has 2 N–H and O–H groups in total. The Morgan fingerprint density at radius 1 is 0.977 bits per heavy atom. The van der Waals surface area contributed by atoms with Crippen molar-refractivity contribution in [2.75, 3.05) is 42.5 Å². The van der Waals surface area contributed by atoms with Crippen molar-refractivity contribution >= 4 is 43.9 Å². The normalized spacial score (nSPS) is 19.3. The summed E-state index contributed by atoms with van der Waals surface area (Å²) in [5.74, 6) is -0.500. The molecule has 0 spiro atoms. The molecule has 4 heterocycles. The summed E-state index contributed by atoms with van der Waals surface area (Å²) in [6.45, 7) is 10.8. The lowest BCUT2D eigenvalue weighted by Gasteiger charge is -2.42. The molecule has 3 aromatic rings. The van der Waals surface area contributed by atoms with Crippen LogP contribution < -0.4 is 14.9 Å². The van der Waals surface area contributed by atoms with E-state index in [1.165, 1.54) is 39.9 Å². The Labute approximate surface area is 257 Å². The average Bonchev–Trinajstić information content (AvgIpc) is 3.34. The van der Waals surface area contributed by atoms with Crippen LogP contribution in [0.15, 0.2) is 53.4 Å². The predicted octanol–water partition coefficient (Wildman–Crippen LogP) is 4.77. The zero-order chi connectivity index (χ0) is 30.6. The number of sulfonamides is 1. The van der Waals surface area contributed by atoms with Crippen molar-refractivity contribution in [1.82, 2.24) is 10.2 Å². The van der Waals surface area contributed by atoms with Gasteiger partial charge >= 0.3 is 0 Å². The Balaban J connectivity index is 1.30. The Bertz CT molecular complexity index is 1670. The molecule has 0 saturated carbocycles. The van der Waals surface area contributed by atoms with Gasteiger partial charge in [0.25, 0.3) is 21.8 Å². The number of para-hydroxylation sites is 1. The molecule has 6 rings (SSSR count). The summed E-state index contributed by atoms with van der Waals surface area (Å²) in [5.41, 5.74) is 2.90. The first-order valence-corrected chi connectivity index (χ1v) is 17.0. The van der Waals surface area contributed by atoms with Crippen LogP contribution in [0.4, 0.5) is 10.7 Å². The van der Waals surface area contributed by atoms with Crippen molar-refractivity contribution in [2.45, 2.75) is 62.9 Å². The topological polar surface area (TPSA) is 108 Å². The monoisotopic (exact) mass is 622 g/mol. The summed E-state index contributed by atoms with van der Waals surface area (Å²) in [6.07, 6.45) is 2.24.